The molecule has 0 fully saturated rings. The van der Waals surface area contributed by atoms with Crippen LogP contribution in [0.3, 0.4) is 0 Å². The molecule has 0 aromatic heterocycles. The van der Waals surface area contributed by atoms with Gasteiger partial charge in [-0.1, -0.05) is 0 Å². The average molecular weight is 223 g/mol. The van der Waals surface area contributed by atoms with E-state index in [9.17, 15) is 4.39 Å². The van der Waals surface area contributed by atoms with Gasteiger partial charge in [0.15, 0.2) is 0 Å². The highest BCUT2D eigenvalue weighted by Gasteiger charge is 2.04. The molecule has 0 bridgehead atoms. The van der Waals surface area contributed by atoms with E-state index in [4.69, 9.17) is 14.7 Å². The molecule has 1 aromatic rings. The van der Waals surface area contributed by atoms with Crippen molar-refractivity contribution in [1.82, 2.24) is 0 Å². The van der Waals surface area contributed by atoms with Gasteiger partial charge in [0.05, 0.1) is 18.3 Å². The van der Waals surface area contributed by atoms with Crippen LogP contribution in [0.5, 0.6) is 5.75 Å². The summed E-state index contributed by atoms with van der Waals surface area (Å²) in [7, 11) is 0. The lowest BCUT2D eigenvalue weighted by Gasteiger charge is -2.10. The van der Waals surface area contributed by atoms with Gasteiger partial charge in [0.25, 0.3) is 0 Å². The van der Waals surface area contributed by atoms with Gasteiger partial charge in [0.2, 0.25) is 0 Å². The molecular weight excluding hydrogens is 209 g/mol. The smallest absolute Gasteiger partial charge is 0.137 e. The number of nitrogens with zero attached hydrogens (tertiary/aromatic N) is 1. The van der Waals surface area contributed by atoms with Gasteiger partial charge in [-0.2, -0.15) is 5.26 Å². The third-order valence-corrected chi connectivity index (χ3v) is 1.85. The van der Waals surface area contributed by atoms with E-state index >= 15 is 0 Å². The van der Waals surface area contributed by atoms with Crippen molar-refractivity contribution in [1.29, 1.82) is 5.26 Å². The van der Waals surface area contributed by atoms with Crippen molar-refractivity contribution in [3.8, 4) is 11.8 Å². The van der Waals surface area contributed by atoms with E-state index in [-0.39, 0.29) is 11.7 Å². The Bertz CT molecular complexity index is 385. The maximum absolute atomic E-state index is 12.8. The molecule has 0 N–H and O–H groups in total. The van der Waals surface area contributed by atoms with Crippen molar-refractivity contribution in [3.63, 3.8) is 0 Å². The highest BCUT2D eigenvalue weighted by atomic mass is 19.1. The Balaban J connectivity index is 2.51. The highest BCUT2D eigenvalue weighted by molar-refractivity contribution is 5.42. The first-order valence-corrected chi connectivity index (χ1v) is 5.07. The first-order valence-electron chi connectivity index (χ1n) is 5.07. The van der Waals surface area contributed by atoms with E-state index < -0.39 is 5.82 Å². The molecule has 0 atom stereocenters. The van der Waals surface area contributed by atoms with Crippen LogP contribution < -0.4 is 4.74 Å². The van der Waals surface area contributed by atoms with Crippen LogP contribution in [0.4, 0.5) is 4.39 Å². The summed E-state index contributed by atoms with van der Waals surface area (Å²) in [5.41, 5.74) is 0.199. The Morgan fingerprint density at radius 1 is 1.38 bits per heavy atom. The minimum absolute atomic E-state index is 0.146. The third kappa shape index (κ3) is 3.87. The van der Waals surface area contributed by atoms with Crippen molar-refractivity contribution < 1.29 is 13.9 Å². The summed E-state index contributed by atoms with van der Waals surface area (Å²) in [6.07, 6.45) is 0.146. The maximum Gasteiger partial charge on any atom is 0.137 e. The standard InChI is InChI=1S/C12H14FNO2/c1-9(2)15-5-6-16-12-4-3-11(13)7-10(12)8-14/h3-4,7,9H,5-6H2,1-2H3. The molecule has 0 unspecified atom stereocenters. The zero-order valence-corrected chi connectivity index (χ0v) is 9.37. The Kier molecular flexibility index (Phi) is 4.74. The maximum atomic E-state index is 12.8. The van der Waals surface area contributed by atoms with Crippen molar-refractivity contribution >= 4 is 0 Å². The molecular formula is C12H14FNO2. The van der Waals surface area contributed by atoms with Crippen molar-refractivity contribution in [2.75, 3.05) is 13.2 Å². The second-order valence-corrected chi connectivity index (χ2v) is 3.52. The normalized spacial score (nSPS) is 10.2. The molecule has 0 radical (unpaired) electrons. The minimum Gasteiger partial charge on any atom is -0.490 e. The first-order chi connectivity index (χ1) is 7.63. The summed E-state index contributed by atoms with van der Waals surface area (Å²) in [6, 6.07) is 5.74. The Morgan fingerprint density at radius 3 is 2.75 bits per heavy atom. The van der Waals surface area contributed by atoms with Crippen LogP contribution in [0.15, 0.2) is 18.2 Å². The Morgan fingerprint density at radius 2 is 2.12 bits per heavy atom. The molecule has 0 amide bonds. The molecule has 0 aliphatic rings. The zero-order valence-electron chi connectivity index (χ0n) is 9.37. The predicted octanol–water partition coefficient (Wildman–Crippen LogP) is 2.50. The van der Waals surface area contributed by atoms with E-state index in [1.54, 1.807) is 0 Å². The van der Waals surface area contributed by atoms with Gasteiger partial charge in [-0.25, -0.2) is 4.39 Å². The molecule has 86 valence electrons. The van der Waals surface area contributed by atoms with Crippen LogP contribution in [0, 0.1) is 17.1 Å². The van der Waals surface area contributed by atoms with E-state index in [0.717, 1.165) is 6.07 Å². The quantitative estimate of drug-likeness (QED) is 0.720. The summed E-state index contributed by atoms with van der Waals surface area (Å²) >= 11 is 0. The first kappa shape index (κ1) is 12.5. The fourth-order valence-corrected chi connectivity index (χ4v) is 1.15. The van der Waals surface area contributed by atoms with Gasteiger partial charge in [-0.15, -0.1) is 0 Å². The molecule has 0 saturated heterocycles. The largest absolute Gasteiger partial charge is 0.490 e. The fourth-order valence-electron chi connectivity index (χ4n) is 1.15. The van der Waals surface area contributed by atoms with E-state index in [0.29, 0.717) is 19.0 Å². The molecule has 16 heavy (non-hydrogen) atoms. The summed E-state index contributed by atoms with van der Waals surface area (Å²) in [5, 5.41) is 8.76. The van der Waals surface area contributed by atoms with Crippen LogP contribution in [0.25, 0.3) is 0 Å². The van der Waals surface area contributed by atoms with E-state index in [2.05, 4.69) is 0 Å². The van der Waals surface area contributed by atoms with Gasteiger partial charge in [-0.3, -0.25) is 0 Å². The zero-order chi connectivity index (χ0) is 12.0. The van der Waals surface area contributed by atoms with Crippen LogP contribution in [-0.4, -0.2) is 19.3 Å². The lowest BCUT2D eigenvalue weighted by molar-refractivity contribution is 0.0552. The summed E-state index contributed by atoms with van der Waals surface area (Å²) in [4.78, 5) is 0. The van der Waals surface area contributed by atoms with E-state index in [1.807, 2.05) is 19.9 Å². The monoisotopic (exact) mass is 223 g/mol. The minimum atomic E-state index is -0.442. The van der Waals surface area contributed by atoms with Crippen molar-refractivity contribution in [2.45, 2.75) is 20.0 Å². The lowest BCUT2D eigenvalue weighted by atomic mass is 10.2. The molecule has 1 aromatic carbocycles. The van der Waals surface area contributed by atoms with Gasteiger partial charge < -0.3 is 9.47 Å². The van der Waals surface area contributed by atoms with Gasteiger partial charge in [-0.05, 0) is 32.0 Å². The number of benzene rings is 1. The molecule has 4 heteroatoms. The van der Waals surface area contributed by atoms with Gasteiger partial charge >= 0.3 is 0 Å². The van der Waals surface area contributed by atoms with Crippen LogP contribution in [0.2, 0.25) is 0 Å². The van der Waals surface area contributed by atoms with Crippen LogP contribution in [-0.2, 0) is 4.74 Å². The number of rotatable bonds is 5. The van der Waals surface area contributed by atoms with Gasteiger partial charge in [0, 0.05) is 0 Å². The second-order valence-electron chi connectivity index (χ2n) is 3.52. The van der Waals surface area contributed by atoms with Crippen LogP contribution >= 0.6 is 0 Å². The molecule has 0 saturated carbocycles. The Labute approximate surface area is 94.4 Å². The summed E-state index contributed by atoms with van der Waals surface area (Å²) in [6.45, 7) is 4.65. The highest BCUT2D eigenvalue weighted by Crippen LogP contribution is 2.18. The molecule has 3 nitrogen and oxygen atoms in total. The third-order valence-electron chi connectivity index (χ3n) is 1.85. The van der Waals surface area contributed by atoms with Crippen molar-refractivity contribution in [2.24, 2.45) is 0 Å². The predicted molar refractivity (Wildman–Crippen MR) is 57.7 cm³/mol. The van der Waals surface area contributed by atoms with E-state index in [1.165, 1.54) is 12.1 Å². The number of ether oxygens (including phenoxy) is 2. The molecule has 0 spiro atoms. The molecule has 0 heterocycles. The SMILES string of the molecule is CC(C)OCCOc1ccc(F)cc1C#N. The Hall–Kier alpha value is -1.60. The number of hydrogen-bond donors (Lipinski definition) is 0. The van der Waals surface area contributed by atoms with Crippen LogP contribution in [0.1, 0.15) is 19.4 Å². The average Bonchev–Trinajstić information content (AvgIpc) is 2.25. The fraction of sp³-hybridized carbons (Fsp3) is 0.417. The topological polar surface area (TPSA) is 42.2 Å². The number of nitriles is 1. The second kappa shape index (κ2) is 6.09. The van der Waals surface area contributed by atoms with Gasteiger partial charge in [0.1, 0.15) is 24.2 Å². The number of hydrogen-bond acceptors (Lipinski definition) is 3. The molecule has 1 rings (SSSR count). The molecule has 0 aliphatic heterocycles. The summed E-state index contributed by atoms with van der Waals surface area (Å²) < 4.78 is 23.4. The lowest BCUT2D eigenvalue weighted by Crippen LogP contribution is -2.11. The van der Waals surface area contributed by atoms with Crippen molar-refractivity contribution in [3.05, 3.63) is 29.6 Å². The summed E-state index contributed by atoms with van der Waals surface area (Å²) in [5.74, 6) is -0.0569. The molecule has 0 aliphatic carbocycles. The number of halogens is 1.